The molecule has 0 aliphatic carbocycles. The van der Waals surface area contributed by atoms with Crippen LogP contribution in [0.2, 0.25) is 5.15 Å². The van der Waals surface area contributed by atoms with Gasteiger partial charge in [-0.1, -0.05) is 11.6 Å². The molecule has 1 saturated heterocycles. The Kier molecular flexibility index (Phi) is 3.97. The molecule has 1 aromatic rings. The highest BCUT2D eigenvalue weighted by molar-refractivity contribution is 6.29. The van der Waals surface area contributed by atoms with E-state index in [2.05, 4.69) is 33.9 Å². The number of nitrogens with zero attached hydrogens (tertiary/aromatic N) is 4. The van der Waals surface area contributed by atoms with Crippen molar-refractivity contribution in [2.24, 2.45) is 0 Å². The highest BCUT2D eigenvalue weighted by atomic mass is 35.5. The fourth-order valence-corrected chi connectivity index (χ4v) is 2.47. The molecular formula is C12H19ClN4. The Morgan fingerprint density at radius 3 is 2.82 bits per heavy atom. The maximum absolute atomic E-state index is 5.96. The molecule has 0 N–H and O–H groups in total. The lowest BCUT2D eigenvalue weighted by Crippen LogP contribution is -2.51. The third-order valence-electron chi connectivity index (χ3n) is 3.27. The minimum absolute atomic E-state index is 0.478. The van der Waals surface area contributed by atoms with Gasteiger partial charge in [-0.2, -0.15) is 0 Å². The maximum atomic E-state index is 5.96. The van der Waals surface area contributed by atoms with Crippen LogP contribution in [0.15, 0.2) is 6.07 Å². The molecule has 0 saturated carbocycles. The van der Waals surface area contributed by atoms with Gasteiger partial charge < -0.3 is 9.80 Å². The zero-order valence-corrected chi connectivity index (χ0v) is 11.4. The Balaban J connectivity index is 2.08. The number of aromatic nitrogens is 2. The summed E-state index contributed by atoms with van der Waals surface area (Å²) in [5.41, 5.74) is 0.937. The number of hydrogen-bond acceptors (Lipinski definition) is 4. The van der Waals surface area contributed by atoms with Gasteiger partial charge in [0.1, 0.15) is 11.0 Å². The molecule has 1 atom stereocenters. The van der Waals surface area contributed by atoms with Gasteiger partial charge in [-0.05, 0) is 27.1 Å². The van der Waals surface area contributed by atoms with E-state index < -0.39 is 0 Å². The smallest absolute Gasteiger partial charge is 0.133 e. The van der Waals surface area contributed by atoms with Gasteiger partial charge in [0.05, 0.1) is 0 Å². The summed E-state index contributed by atoms with van der Waals surface area (Å²) in [6.45, 7) is 5.24. The van der Waals surface area contributed by atoms with Crippen LogP contribution in [0.25, 0.3) is 0 Å². The van der Waals surface area contributed by atoms with E-state index in [0.717, 1.165) is 37.6 Å². The predicted molar refractivity (Wildman–Crippen MR) is 69.4 cm³/mol. The third kappa shape index (κ3) is 3.37. The second-order valence-electron chi connectivity index (χ2n) is 4.85. The molecule has 5 heteroatoms. The summed E-state index contributed by atoms with van der Waals surface area (Å²) >= 11 is 5.96. The molecule has 1 aliphatic rings. The molecular weight excluding hydrogens is 236 g/mol. The minimum Gasteiger partial charge on any atom is -0.304 e. The average molecular weight is 255 g/mol. The van der Waals surface area contributed by atoms with Crippen molar-refractivity contribution in [3.8, 4) is 0 Å². The first-order chi connectivity index (χ1) is 8.04. The highest BCUT2D eigenvalue weighted by Crippen LogP contribution is 2.13. The second kappa shape index (κ2) is 5.29. The van der Waals surface area contributed by atoms with Gasteiger partial charge in [0.25, 0.3) is 0 Å². The van der Waals surface area contributed by atoms with Crippen molar-refractivity contribution in [1.82, 2.24) is 19.8 Å². The van der Waals surface area contributed by atoms with E-state index in [1.54, 1.807) is 6.07 Å². The average Bonchev–Trinajstić information content (AvgIpc) is 2.22. The number of aryl methyl sites for hydroxylation is 1. The number of halogens is 1. The zero-order valence-electron chi connectivity index (χ0n) is 10.6. The number of likely N-dealkylation sites (N-methyl/N-ethyl adjacent to an activating group) is 2. The maximum Gasteiger partial charge on any atom is 0.133 e. The Bertz CT molecular complexity index is 376. The number of hydrogen-bond donors (Lipinski definition) is 0. The van der Waals surface area contributed by atoms with E-state index >= 15 is 0 Å². The third-order valence-corrected chi connectivity index (χ3v) is 3.46. The Labute approximate surface area is 108 Å². The summed E-state index contributed by atoms with van der Waals surface area (Å²) in [6.07, 6.45) is 0.863. The van der Waals surface area contributed by atoms with Crippen molar-refractivity contribution in [2.45, 2.75) is 19.4 Å². The van der Waals surface area contributed by atoms with Gasteiger partial charge in [0.2, 0.25) is 0 Å². The van der Waals surface area contributed by atoms with Crippen LogP contribution in [0.3, 0.4) is 0 Å². The van der Waals surface area contributed by atoms with Crippen LogP contribution in [-0.4, -0.2) is 59.5 Å². The van der Waals surface area contributed by atoms with Crippen LogP contribution in [-0.2, 0) is 6.42 Å². The fraction of sp³-hybridized carbons (Fsp3) is 0.667. The molecule has 1 aromatic heterocycles. The molecule has 17 heavy (non-hydrogen) atoms. The Morgan fingerprint density at radius 1 is 1.35 bits per heavy atom. The first-order valence-electron chi connectivity index (χ1n) is 5.93. The molecule has 1 aliphatic heterocycles. The van der Waals surface area contributed by atoms with Gasteiger partial charge in [0, 0.05) is 37.8 Å². The number of piperazine rings is 1. The van der Waals surface area contributed by atoms with E-state index in [-0.39, 0.29) is 0 Å². The summed E-state index contributed by atoms with van der Waals surface area (Å²) in [4.78, 5) is 13.5. The molecule has 0 radical (unpaired) electrons. The van der Waals surface area contributed by atoms with E-state index in [4.69, 9.17) is 11.6 Å². The zero-order chi connectivity index (χ0) is 12.4. The van der Waals surface area contributed by atoms with Gasteiger partial charge in [-0.15, -0.1) is 0 Å². The molecule has 4 nitrogen and oxygen atoms in total. The van der Waals surface area contributed by atoms with E-state index in [1.807, 2.05) is 6.92 Å². The van der Waals surface area contributed by atoms with Crippen LogP contribution in [0.5, 0.6) is 0 Å². The number of rotatable bonds is 2. The summed E-state index contributed by atoms with van der Waals surface area (Å²) in [7, 11) is 4.32. The SMILES string of the molecule is Cc1cc(Cl)nc(CC2CN(C)CCN2C)n1. The second-order valence-corrected chi connectivity index (χ2v) is 5.24. The minimum atomic E-state index is 0.478. The first-order valence-corrected chi connectivity index (χ1v) is 6.31. The topological polar surface area (TPSA) is 32.3 Å². The van der Waals surface area contributed by atoms with Crippen molar-refractivity contribution < 1.29 is 0 Å². The van der Waals surface area contributed by atoms with Crippen molar-refractivity contribution in [1.29, 1.82) is 0 Å². The normalized spacial score (nSPS) is 22.9. The van der Waals surface area contributed by atoms with Gasteiger partial charge >= 0.3 is 0 Å². The summed E-state index contributed by atoms with van der Waals surface area (Å²) in [5, 5.41) is 0.541. The van der Waals surface area contributed by atoms with Crippen molar-refractivity contribution >= 4 is 11.6 Å². The first kappa shape index (κ1) is 12.7. The van der Waals surface area contributed by atoms with Gasteiger partial charge in [-0.25, -0.2) is 9.97 Å². The lowest BCUT2D eigenvalue weighted by Gasteiger charge is -2.37. The van der Waals surface area contributed by atoms with Gasteiger partial charge in [0.15, 0.2) is 0 Å². The van der Waals surface area contributed by atoms with Crippen molar-refractivity contribution in [3.63, 3.8) is 0 Å². The highest BCUT2D eigenvalue weighted by Gasteiger charge is 2.23. The van der Waals surface area contributed by atoms with E-state index in [0.29, 0.717) is 11.2 Å². The molecule has 0 spiro atoms. The Morgan fingerprint density at radius 2 is 2.12 bits per heavy atom. The summed E-state index contributed by atoms with van der Waals surface area (Å²) in [5.74, 6) is 0.849. The van der Waals surface area contributed by atoms with Crippen molar-refractivity contribution in [2.75, 3.05) is 33.7 Å². The van der Waals surface area contributed by atoms with Crippen LogP contribution in [0.4, 0.5) is 0 Å². The van der Waals surface area contributed by atoms with Gasteiger partial charge in [-0.3, -0.25) is 0 Å². The largest absolute Gasteiger partial charge is 0.304 e. The molecule has 2 heterocycles. The Hall–Kier alpha value is -0.710. The quantitative estimate of drug-likeness (QED) is 0.743. The molecule has 94 valence electrons. The van der Waals surface area contributed by atoms with Crippen LogP contribution in [0.1, 0.15) is 11.5 Å². The van der Waals surface area contributed by atoms with Crippen LogP contribution >= 0.6 is 11.6 Å². The standard InChI is InChI=1S/C12H19ClN4/c1-9-6-11(13)15-12(14-9)7-10-8-16(2)4-5-17(10)3/h6,10H,4-5,7-8H2,1-3H3. The van der Waals surface area contributed by atoms with E-state index in [9.17, 15) is 0 Å². The predicted octanol–water partition coefficient (Wildman–Crippen LogP) is 1.23. The monoisotopic (exact) mass is 254 g/mol. The molecule has 0 amide bonds. The lowest BCUT2D eigenvalue weighted by atomic mass is 10.1. The van der Waals surface area contributed by atoms with Crippen LogP contribution in [0, 0.1) is 6.92 Å². The molecule has 0 aromatic carbocycles. The molecule has 0 bridgehead atoms. The molecule has 2 rings (SSSR count). The molecule has 1 unspecified atom stereocenters. The molecule has 1 fully saturated rings. The summed E-state index contributed by atoms with van der Waals surface area (Å²) in [6, 6.07) is 2.27. The van der Waals surface area contributed by atoms with Crippen molar-refractivity contribution in [3.05, 3.63) is 22.7 Å². The lowest BCUT2D eigenvalue weighted by molar-refractivity contribution is 0.113. The van der Waals surface area contributed by atoms with Crippen LogP contribution < -0.4 is 0 Å². The fourth-order valence-electron chi connectivity index (χ4n) is 2.21. The van der Waals surface area contributed by atoms with E-state index in [1.165, 1.54) is 0 Å². The summed E-state index contributed by atoms with van der Waals surface area (Å²) < 4.78 is 0.